The maximum atomic E-state index is 4.08. The maximum Gasteiger partial charge on any atom is 0.108 e. The largest absolute Gasteiger partial charge is 0.361 e. The normalized spacial score (nSPS) is 18.8. The van der Waals surface area contributed by atoms with Gasteiger partial charge in [-0.1, -0.05) is 6.58 Å². The Morgan fingerprint density at radius 1 is 0.933 bits per heavy atom. The molecule has 2 heterocycles. The zero-order valence-corrected chi connectivity index (χ0v) is 9.94. The molecule has 0 fully saturated rings. The molecule has 0 bridgehead atoms. The first-order chi connectivity index (χ1) is 6.66. The van der Waals surface area contributed by atoms with E-state index in [1.165, 1.54) is 0 Å². The Hall–Kier alpha value is -1.29. The second-order valence-corrected chi connectivity index (χ2v) is 3.75. The fourth-order valence-corrected chi connectivity index (χ4v) is 1.56. The highest BCUT2D eigenvalue weighted by Crippen LogP contribution is 2.17. The number of nitrogens with zero attached hydrogens (tertiary/aromatic N) is 4. The summed E-state index contributed by atoms with van der Waals surface area (Å²) in [7, 11) is 4.10. The summed E-state index contributed by atoms with van der Waals surface area (Å²) < 4.78 is 0. The molecule has 0 aromatic carbocycles. The van der Waals surface area contributed by atoms with Gasteiger partial charge in [-0.3, -0.25) is 0 Å². The van der Waals surface area contributed by atoms with Gasteiger partial charge in [-0.2, -0.15) is 0 Å². The second kappa shape index (κ2) is 4.49. The van der Waals surface area contributed by atoms with Crippen molar-refractivity contribution < 1.29 is 0 Å². The van der Waals surface area contributed by atoms with Crippen molar-refractivity contribution in [1.29, 1.82) is 0 Å². The molecule has 0 atom stereocenters. The zero-order valence-electron chi connectivity index (χ0n) is 9.13. The zero-order chi connectivity index (χ0) is 10.1. The van der Waals surface area contributed by atoms with Gasteiger partial charge in [-0.05, 0) is 0 Å². The lowest BCUT2D eigenvalue weighted by molar-refractivity contribution is 0.248. The lowest BCUT2D eigenvalue weighted by atomic mass is 10.6. The van der Waals surface area contributed by atoms with Gasteiger partial charge in [-0.15, -0.1) is 12.4 Å². The molecule has 5 heteroatoms. The molecule has 0 aromatic rings. The molecule has 0 aliphatic carbocycles. The summed E-state index contributed by atoms with van der Waals surface area (Å²) in [6.07, 6.45) is 8.20. The van der Waals surface area contributed by atoms with Crippen LogP contribution in [0.15, 0.2) is 37.2 Å². The van der Waals surface area contributed by atoms with Crippen LogP contribution in [0.1, 0.15) is 0 Å². The van der Waals surface area contributed by atoms with E-state index in [1.54, 1.807) is 0 Å². The highest BCUT2D eigenvalue weighted by molar-refractivity contribution is 5.85. The third-order valence-electron chi connectivity index (χ3n) is 2.42. The summed E-state index contributed by atoms with van der Waals surface area (Å²) >= 11 is 0. The van der Waals surface area contributed by atoms with Gasteiger partial charge in [0.2, 0.25) is 0 Å². The van der Waals surface area contributed by atoms with Crippen molar-refractivity contribution in [2.75, 3.05) is 27.4 Å². The van der Waals surface area contributed by atoms with Crippen molar-refractivity contribution in [3.63, 3.8) is 0 Å². The van der Waals surface area contributed by atoms with Crippen LogP contribution in [0.3, 0.4) is 0 Å². The summed E-state index contributed by atoms with van der Waals surface area (Å²) in [5.74, 6) is 1.02. The van der Waals surface area contributed by atoms with E-state index in [-0.39, 0.29) is 12.4 Å². The molecule has 84 valence electrons. The molecule has 2 aliphatic rings. The summed E-state index contributed by atoms with van der Waals surface area (Å²) in [6, 6.07) is 0. The van der Waals surface area contributed by atoms with Gasteiger partial charge in [0.1, 0.15) is 5.82 Å². The lowest BCUT2D eigenvalue weighted by Crippen LogP contribution is -2.31. The van der Waals surface area contributed by atoms with E-state index in [2.05, 4.69) is 65.1 Å². The summed E-state index contributed by atoms with van der Waals surface area (Å²) in [4.78, 5) is 8.50. The lowest BCUT2D eigenvalue weighted by Gasteiger charge is -2.27. The van der Waals surface area contributed by atoms with Crippen molar-refractivity contribution >= 4 is 12.4 Å². The predicted molar refractivity (Wildman–Crippen MR) is 63.6 cm³/mol. The van der Waals surface area contributed by atoms with Gasteiger partial charge >= 0.3 is 0 Å². The Balaban J connectivity index is 0.00000112. The van der Waals surface area contributed by atoms with Crippen LogP contribution < -0.4 is 0 Å². The highest BCUT2D eigenvalue weighted by Gasteiger charge is 2.18. The fourth-order valence-electron chi connectivity index (χ4n) is 1.56. The minimum absolute atomic E-state index is 0. The van der Waals surface area contributed by atoms with Gasteiger partial charge in [0.25, 0.3) is 0 Å². The van der Waals surface area contributed by atoms with E-state index < -0.39 is 0 Å². The number of hydrogen-bond acceptors (Lipinski definition) is 4. The van der Waals surface area contributed by atoms with Crippen LogP contribution >= 0.6 is 12.4 Å². The molecule has 0 unspecified atom stereocenters. The van der Waals surface area contributed by atoms with Crippen LogP contribution in [0, 0.1) is 0 Å². The smallest absolute Gasteiger partial charge is 0.108 e. The van der Waals surface area contributed by atoms with Gasteiger partial charge in [0.15, 0.2) is 0 Å². The van der Waals surface area contributed by atoms with Crippen molar-refractivity contribution in [3.05, 3.63) is 37.2 Å². The molecule has 0 radical (unpaired) electrons. The average Bonchev–Trinajstić information content (AvgIpc) is 2.73. The van der Waals surface area contributed by atoms with E-state index >= 15 is 0 Å². The summed E-state index contributed by atoms with van der Waals surface area (Å²) in [5, 5.41) is 0. The minimum Gasteiger partial charge on any atom is -0.361 e. The first-order valence-corrected chi connectivity index (χ1v) is 4.66. The van der Waals surface area contributed by atoms with Gasteiger partial charge in [0, 0.05) is 38.9 Å². The van der Waals surface area contributed by atoms with Crippen molar-refractivity contribution in [2.24, 2.45) is 0 Å². The molecule has 2 aliphatic heterocycles. The van der Waals surface area contributed by atoms with Gasteiger partial charge < -0.3 is 19.6 Å². The first-order valence-electron chi connectivity index (χ1n) is 4.66. The van der Waals surface area contributed by atoms with Crippen LogP contribution in [0.5, 0.6) is 0 Å². The summed E-state index contributed by atoms with van der Waals surface area (Å²) in [6.45, 7) is 5.85. The fraction of sp³-hybridized carbons (Fsp3) is 0.400. The Morgan fingerprint density at radius 3 is 1.60 bits per heavy atom. The monoisotopic (exact) mass is 228 g/mol. The highest BCUT2D eigenvalue weighted by atomic mass is 35.5. The molecule has 0 saturated carbocycles. The van der Waals surface area contributed by atoms with Crippen molar-refractivity contribution in [3.8, 4) is 0 Å². The van der Waals surface area contributed by atoms with Crippen LogP contribution in [0.25, 0.3) is 0 Å². The van der Waals surface area contributed by atoms with E-state index in [0.29, 0.717) is 0 Å². The third kappa shape index (κ3) is 2.39. The molecule has 0 spiro atoms. The molecule has 0 aromatic heterocycles. The van der Waals surface area contributed by atoms with Crippen molar-refractivity contribution in [2.45, 2.75) is 0 Å². The van der Waals surface area contributed by atoms with E-state index in [4.69, 9.17) is 0 Å². The van der Waals surface area contributed by atoms with Crippen LogP contribution in [-0.2, 0) is 0 Å². The number of rotatable bonds is 2. The van der Waals surface area contributed by atoms with Crippen LogP contribution in [0.2, 0.25) is 0 Å². The van der Waals surface area contributed by atoms with Gasteiger partial charge in [-0.25, -0.2) is 0 Å². The van der Waals surface area contributed by atoms with Gasteiger partial charge in [0.05, 0.1) is 13.3 Å². The maximum absolute atomic E-state index is 4.08. The molecule has 15 heavy (non-hydrogen) atoms. The number of halogens is 1. The molecule has 4 nitrogen and oxygen atoms in total. The molecule has 2 rings (SSSR count). The van der Waals surface area contributed by atoms with E-state index in [9.17, 15) is 0 Å². The van der Waals surface area contributed by atoms with E-state index in [1.807, 2.05) is 0 Å². The Bertz CT molecular complexity index is 272. The molecular formula is C10H17ClN4. The Kier molecular flexibility index (Phi) is 3.52. The number of hydrogen-bond donors (Lipinski definition) is 0. The first kappa shape index (κ1) is 11.8. The third-order valence-corrected chi connectivity index (χ3v) is 2.42. The minimum atomic E-state index is 0. The Morgan fingerprint density at radius 2 is 1.33 bits per heavy atom. The molecule has 0 amide bonds. The SMILES string of the molecule is C=C(N1C=CN(C)C1)N1C=CN(C)C1.Cl. The summed E-state index contributed by atoms with van der Waals surface area (Å²) in [5.41, 5.74) is 0. The molecule has 0 saturated heterocycles. The second-order valence-electron chi connectivity index (χ2n) is 3.75. The average molecular weight is 229 g/mol. The van der Waals surface area contributed by atoms with E-state index in [0.717, 1.165) is 19.2 Å². The topological polar surface area (TPSA) is 13.0 Å². The van der Waals surface area contributed by atoms with Crippen molar-refractivity contribution in [1.82, 2.24) is 19.6 Å². The standard InChI is InChI=1S/C10H16N4.ClH/c1-10(13-6-4-11(2)8-13)14-7-5-12(3)9-14;/h4-7H,1,8-9H2,2-3H3;1H. The van der Waals surface area contributed by atoms with Crippen LogP contribution in [0.4, 0.5) is 0 Å². The molecule has 0 N–H and O–H groups in total. The molecular weight excluding hydrogens is 212 g/mol. The Labute approximate surface area is 97.1 Å². The van der Waals surface area contributed by atoms with Crippen LogP contribution in [-0.4, -0.2) is 47.0 Å². The quantitative estimate of drug-likeness (QED) is 0.705. The predicted octanol–water partition coefficient (Wildman–Crippen LogP) is 1.23.